The molecule has 0 unspecified atom stereocenters. The third-order valence-corrected chi connectivity index (χ3v) is 5.38. The Labute approximate surface area is 147 Å². The van der Waals surface area contributed by atoms with Crippen molar-refractivity contribution in [2.45, 2.75) is 44.2 Å². The molecule has 0 radical (unpaired) electrons. The van der Waals surface area contributed by atoms with E-state index < -0.39 is 0 Å². The Bertz CT molecular complexity index is 665. The second-order valence-corrected chi connectivity index (χ2v) is 7.24. The lowest BCUT2D eigenvalue weighted by Gasteiger charge is -2.21. The van der Waals surface area contributed by atoms with Crippen LogP contribution in [0.5, 0.6) is 0 Å². The van der Waals surface area contributed by atoms with E-state index in [1.54, 1.807) is 0 Å². The first kappa shape index (κ1) is 17.0. The maximum Gasteiger partial charge on any atom is 0.230 e. The highest BCUT2D eigenvalue weighted by atomic mass is 32.2. The average Bonchev–Trinajstić information content (AvgIpc) is 3.00. The SMILES string of the molecule is Cc1nnc(SCC(=O)NCC2CCCCC2)n1-c1ccccc1. The number of nitrogens with zero attached hydrogens (tertiary/aromatic N) is 3. The lowest BCUT2D eigenvalue weighted by molar-refractivity contribution is -0.118. The third-order valence-electron chi connectivity index (χ3n) is 4.45. The number of nitrogens with one attached hydrogen (secondary N) is 1. The van der Waals surface area contributed by atoms with E-state index in [1.165, 1.54) is 43.9 Å². The van der Waals surface area contributed by atoms with E-state index in [0.717, 1.165) is 23.2 Å². The van der Waals surface area contributed by atoms with Gasteiger partial charge in [-0.2, -0.15) is 0 Å². The van der Waals surface area contributed by atoms with Gasteiger partial charge in [0.1, 0.15) is 5.82 Å². The smallest absolute Gasteiger partial charge is 0.230 e. The summed E-state index contributed by atoms with van der Waals surface area (Å²) in [5.41, 5.74) is 1.02. The molecule has 1 aliphatic rings. The minimum absolute atomic E-state index is 0.0749. The Morgan fingerprint density at radius 3 is 2.71 bits per heavy atom. The van der Waals surface area contributed by atoms with Gasteiger partial charge < -0.3 is 5.32 Å². The van der Waals surface area contributed by atoms with Crippen molar-refractivity contribution in [3.8, 4) is 5.69 Å². The van der Waals surface area contributed by atoms with Gasteiger partial charge in [-0.3, -0.25) is 9.36 Å². The van der Waals surface area contributed by atoms with Crippen LogP contribution >= 0.6 is 11.8 Å². The van der Waals surface area contributed by atoms with Crippen LogP contribution in [0.25, 0.3) is 5.69 Å². The van der Waals surface area contributed by atoms with Crippen LogP contribution in [0.2, 0.25) is 0 Å². The summed E-state index contributed by atoms with van der Waals surface area (Å²) in [5.74, 6) is 1.93. The van der Waals surface area contributed by atoms with Gasteiger partial charge in [0.15, 0.2) is 5.16 Å². The summed E-state index contributed by atoms with van der Waals surface area (Å²) >= 11 is 1.43. The number of hydrogen-bond acceptors (Lipinski definition) is 4. The Kier molecular flexibility index (Phi) is 5.91. The van der Waals surface area contributed by atoms with E-state index in [0.29, 0.717) is 11.7 Å². The van der Waals surface area contributed by atoms with Crippen molar-refractivity contribution in [2.75, 3.05) is 12.3 Å². The minimum Gasteiger partial charge on any atom is -0.355 e. The summed E-state index contributed by atoms with van der Waals surface area (Å²) in [4.78, 5) is 12.1. The van der Waals surface area contributed by atoms with E-state index in [4.69, 9.17) is 0 Å². The topological polar surface area (TPSA) is 59.8 Å². The van der Waals surface area contributed by atoms with Crippen LogP contribution in [-0.2, 0) is 4.79 Å². The molecule has 128 valence electrons. The van der Waals surface area contributed by atoms with Crippen LogP contribution in [0, 0.1) is 12.8 Å². The lowest BCUT2D eigenvalue weighted by atomic mass is 9.89. The zero-order valence-corrected chi connectivity index (χ0v) is 14.9. The fraction of sp³-hybridized carbons (Fsp3) is 0.500. The molecule has 1 aromatic carbocycles. The van der Waals surface area contributed by atoms with Crippen molar-refractivity contribution in [3.05, 3.63) is 36.2 Å². The second kappa shape index (κ2) is 8.33. The van der Waals surface area contributed by atoms with Crippen LogP contribution in [0.15, 0.2) is 35.5 Å². The number of rotatable bonds is 6. The number of aromatic nitrogens is 3. The molecule has 1 fully saturated rings. The number of carbonyl (C=O) groups excluding carboxylic acids is 1. The van der Waals surface area contributed by atoms with E-state index in [2.05, 4.69) is 15.5 Å². The zero-order chi connectivity index (χ0) is 16.8. The Balaban J connectivity index is 1.54. The molecular weight excluding hydrogens is 320 g/mol. The zero-order valence-electron chi connectivity index (χ0n) is 14.1. The number of amides is 1. The Hall–Kier alpha value is -1.82. The molecule has 1 aliphatic carbocycles. The first-order valence-corrected chi connectivity index (χ1v) is 9.59. The summed E-state index contributed by atoms with van der Waals surface area (Å²) in [5, 5.41) is 12.2. The van der Waals surface area contributed by atoms with Crippen molar-refractivity contribution in [1.82, 2.24) is 20.1 Å². The van der Waals surface area contributed by atoms with E-state index in [1.807, 2.05) is 41.8 Å². The standard InChI is InChI=1S/C18H24N4OS/c1-14-20-21-18(22(14)16-10-6-3-7-11-16)24-13-17(23)19-12-15-8-4-2-5-9-15/h3,6-7,10-11,15H,2,4-5,8-9,12-13H2,1H3,(H,19,23). The first-order valence-electron chi connectivity index (χ1n) is 8.61. The number of hydrogen-bond donors (Lipinski definition) is 1. The molecule has 1 heterocycles. The molecule has 0 aliphatic heterocycles. The van der Waals surface area contributed by atoms with Crippen LogP contribution < -0.4 is 5.32 Å². The maximum absolute atomic E-state index is 12.1. The van der Waals surface area contributed by atoms with Crippen molar-refractivity contribution >= 4 is 17.7 Å². The molecule has 2 aromatic rings. The number of benzene rings is 1. The van der Waals surface area contributed by atoms with Crippen molar-refractivity contribution in [2.24, 2.45) is 5.92 Å². The number of para-hydroxylation sites is 1. The van der Waals surface area contributed by atoms with Gasteiger partial charge in [0.25, 0.3) is 0 Å². The molecule has 5 nitrogen and oxygen atoms in total. The highest BCUT2D eigenvalue weighted by Crippen LogP contribution is 2.23. The lowest BCUT2D eigenvalue weighted by Crippen LogP contribution is -2.31. The van der Waals surface area contributed by atoms with Crippen LogP contribution in [0.1, 0.15) is 37.9 Å². The molecule has 1 aromatic heterocycles. The minimum atomic E-state index is 0.0749. The predicted molar refractivity (Wildman–Crippen MR) is 96.4 cm³/mol. The Morgan fingerprint density at radius 1 is 1.21 bits per heavy atom. The molecule has 0 atom stereocenters. The summed E-state index contributed by atoms with van der Waals surface area (Å²) in [6.07, 6.45) is 6.43. The van der Waals surface area contributed by atoms with E-state index in [9.17, 15) is 4.79 Å². The molecule has 0 bridgehead atoms. The van der Waals surface area contributed by atoms with Crippen molar-refractivity contribution < 1.29 is 4.79 Å². The van der Waals surface area contributed by atoms with E-state index >= 15 is 0 Å². The van der Waals surface area contributed by atoms with Gasteiger partial charge in [-0.05, 0) is 37.8 Å². The normalized spacial score (nSPS) is 15.4. The maximum atomic E-state index is 12.1. The number of aryl methyl sites for hydroxylation is 1. The average molecular weight is 344 g/mol. The molecule has 6 heteroatoms. The highest BCUT2D eigenvalue weighted by molar-refractivity contribution is 7.99. The van der Waals surface area contributed by atoms with Gasteiger partial charge in [-0.1, -0.05) is 49.2 Å². The fourth-order valence-electron chi connectivity index (χ4n) is 3.14. The molecule has 0 saturated heterocycles. The number of carbonyl (C=O) groups is 1. The monoisotopic (exact) mass is 344 g/mol. The van der Waals surface area contributed by atoms with Crippen LogP contribution in [0.3, 0.4) is 0 Å². The molecule has 1 saturated carbocycles. The third kappa shape index (κ3) is 4.38. The second-order valence-electron chi connectivity index (χ2n) is 6.30. The van der Waals surface area contributed by atoms with Gasteiger partial charge >= 0.3 is 0 Å². The van der Waals surface area contributed by atoms with Gasteiger partial charge in [-0.25, -0.2) is 0 Å². The molecule has 0 spiro atoms. The van der Waals surface area contributed by atoms with Gasteiger partial charge in [-0.15, -0.1) is 10.2 Å². The summed E-state index contributed by atoms with van der Waals surface area (Å²) in [7, 11) is 0. The predicted octanol–water partition coefficient (Wildman–Crippen LogP) is 3.36. The van der Waals surface area contributed by atoms with Gasteiger partial charge in [0.2, 0.25) is 5.91 Å². The largest absolute Gasteiger partial charge is 0.355 e. The van der Waals surface area contributed by atoms with Crippen LogP contribution in [-0.4, -0.2) is 33.0 Å². The molecular formula is C18H24N4OS. The summed E-state index contributed by atoms with van der Waals surface area (Å²) in [6, 6.07) is 9.99. The van der Waals surface area contributed by atoms with Crippen LogP contribution in [0.4, 0.5) is 0 Å². The number of thioether (sulfide) groups is 1. The van der Waals surface area contributed by atoms with E-state index in [-0.39, 0.29) is 5.91 Å². The first-order chi connectivity index (χ1) is 11.7. The Morgan fingerprint density at radius 2 is 1.96 bits per heavy atom. The van der Waals surface area contributed by atoms with Gasteiger partial charge in [0, 0.05) is 12.2 Å². The van der Waals surface area contributed by atoms with Crippen molar-refractivity contribution in [3.63, 3.8) is 0 Å². The van der Waals surface area contributed by atoms with Gasteiger partial charge in [0.05, 0.1) is 5.75 Å². The molecule has 1 N–H and O–H groups in total. The summed E-state index contributed by atoms with van der Waals surface area (Å²) < 4.78 is 1.99. The molecule has 3 rings (SSSR count). The fourth-order valence-corrected chi connectivity index (χ4v) is 3.97. The van der Waals surface area contributed by atoms with Crippen molar-refractivity contribution in [1.29, 1.82) is 0 Å². The quantitative estimate of drug-likeness (QED) is 0.816. The summed E-state index contributed by atoms with van der Waals surface area (Å²) in [6.45, 7) is 2.73. The molecule has 1 amide bonds. The highest BCUT2D eigenvalue weighted by Gasteiger charge is 2.16. The molecule has 24 heavy (non-hydrogen) atoms.